The Morgan fingerprint density at radius 3 is 2.44 bits per heavy atom. The molecule has 3 N–H and O–H groups in total. The monoisotopic (exact) mass is 590 g/mol. The number of hydrogen-bond acceptors (Lipinski definition) is 4. The van der Waals surface area contributed by atoms with Crippen LogP contribution in [-0.2, 0) is 19.8 Å². The Bertz CT molecular complexity index is 1550. The maximum absolute atomic E-state index is 14.5. The minimum absolute atomic E-state index is 0.130. The Morgan fingerprint density at radius 2 is 1.72 bits per heavy atom. The van der Waals surface area contributed by atoms with Gasteiger partial charge in [0.15, 0.2) is 5.60 Å². The standard InChI is InChI=1S/C28H22Cl3FN2O5/c1-27(2,26(37)38)39-22-8-4-13(29)9-16(22)19-12-23(35)34-24(17-11-15(32)5-7-20(17)31)28(19)18-6-3-14(30)10-21(18)33-25(28)36/h3-11,19,24H,12H2,1-2H3,(H,33,36)(H,34,35)(H,37,38)/t19-,24+,28-/m1/s1. The van der Waals surface area contributed by atoms with Gasteiger partial charge in [-0.05, 0) is 73.5 Å². The van der Waals surface area contributed by atoms with Crippen LogP contribution < -0.4 is 15.4 Å². The fourth-order valence-corrected chi connectivity index (χ4v) is 6.04. The van der Waals surface area contributed by atoms with E-state index in [0.717, 1.165) is 0 Å². The van der Waals surface area contributed by atoms with Crippen molar-refractivity contribution < 1.29 is 28.6 Å². The molecule has 2 heterocycles. The van der Waals surface area contributed by atoms with Crippen molar-refractivity contribution in [1.82, 2.24) is 5.32 Å². The molecule has 3 aromatic rings. The van der Waals surface area contributed by atoms with Crippen molar-refractivity contribution in [3.05, 3.63) is 92.2 Å². The van der Waals surface area contributed by atoms with Crippen LogP contribution in [0.1, 0.15) is 48.9 Å². The van der Waals surface area contributed by atoms with Crippen molar-refractivity contribution in [2.45, 2.75) is 43.2 Å². The molecule has 2 aliphatic rings. The minimum atomic E-state index is -1.65. The van der Waals surface area contributed by atoms with Gasteiger partial charge in [0.2, 0.25) is 11.8 Å². The van der Waals surface area contributed by atoms with E-state index in [-0.39, 0.29) is 27.8 Å². The highest BCUT2D eigenvalue weighted by Gasteiger charge is 2.62. The first-order chi connectivity index (χ1) is 18.3. The Morgan fingerprint density at radius 1 is 1.03 bits per heavy atom. The van der Waals surface area contributed by atoms with Crippen LogP contribution in [0.5, 0.6) is 5.75 Å². The molecule has 1 saturated heterocycles. The number of halogens is 4. The third-order valence-electron chi connectivity index (χ3n) is 7.25. The van der Waals surface area contributed by atoms with Crippen molar-refractivity contribution in [2.75, 3.05) is 5.32 Å². The van der Waals surface area contributed by atoms with Crippen LogP contribution in [0, 0.1) is 5.82 Å². The van der Waals surface area contributed by atoms with Gasteiger partial charge in [0.05, 0.1) is 6.04 Å². The van der Waals surface area contributed by atoms with Crippen LogP contribution in [0.4, 0.5) is 10.1 Å². The molecule has 0 unspecified atom stereocenters. The van der Waals surface area contributed by atoms with Gasteiger partial charge in [-0.15, -0.1) is 0 Å². The van der Waals surface area contributed by atoms with Gasteiger partial charge < -0.3 is 20.5 Å². The summed E-state index contributed by atoms with van der Waals surface area (Å²) in [7, 11) is 0. The molecule has 202 valence electrons. The summed E-state index contributed by atoms with van der Waals surface area (Å²) in [4.78, 5) is 39.3. The van der Waals surface area contributed by atoms with E-state index in [0.29, 0.717) is 21.8 Å². The van der Waals surface area contributed by atoms with Crippen molar-refractivity contribution in [3.8, 4) is 5.75 Å². The summed E-state index contributed by atoms with van der Waals surface area (Å²) in [6.45, 7) is 2.76. The summed E-state index contributed by atoms with van der Waals surface area (Å²) < 4.78 is 20.5. The fourth-order valence-electron chi connectivity index (χ4n) is 5.46. The molecule has 2 aliphatic heterocycles. The van der Waals surface area contributed by atoms with E-state index in [2.05, 4.69) is 10.6 Å². The maximum Gasteiger partial charge on any atom is 0.347 e. The van der Waals surface area contributed by atoms with Gasteiger partial charge in [0.1, 0.15) is 17.0 Å². The molecule has 0 radical (unpaired) electrons. The average molecular weight is 592 g/mol. The third kappa shape index (κ3) is 4.50. The first-order valence-corrected chi connectivity index (χ1v) is 13.1. The molecule has 2 amide bonds. The van der Waals surface area contributed by atoms with Gasteiger partial charge in [-0.2, -0.15) is 0 Å². The molecular formula is C28H22Cl3FN2O5. The molecule has 3 aromatic carbocycles. The number of ether oxygens (including phenoxy) is 1. The summed E-state index contributed by atoms with van der Waals surface area (Å²) in [6, 6.07) is 12.1. The molecule has 5 rings (SSSR count). The topological polar surface area (TPSA) is 105 Å². The summed E-state index contributed by atoms with van der Waals surface area (Å²) in [5.41, 5.74) is -1.77. The lowest BCUT2D eigenvalue weighted by molar-refractivity contribution is -0.152. The number of carboxylic acid groups (broad SMARTS) is 1. The first kappa shape index (κ1) is 27.2. The Kier molecular flexibility index (Phi) is 6.77. The molecule has 0 bridgehead atoms. The quantitative estimate of drug-likeness (QED) is 0.325. The lowest BCUT2D eigenvalue weighted by atomic mass is 9.59. The smallest absolute Gasteiger partial charge is 0.347 e. The Balaban J connectivity index is 1.82. The van der Waals surface area contributed by atoms with Crippen molar-refractivity contribution in [2.24, 2.45) is 0 Å². The van der Waals surface area contributed by atoms with E-state index in [9.17, 15) is 23.9 Å². The Labute approximate surface area is 238 Å². The SMILES string of the molecule is CC(C)(Oc1ccc(Cl)cc1[C@H]1CC(=O)N[C@@H](c2cc(F)ccc2Cl)[C@]12C(=O)Nc1cc(Cl)ccc12)C(=O)O. The molecule has 1 fully saturated rings. The van der Waals surface area contributed by atoms with E-state index in [4.69, 9.17) is 39.5 Å². The normalized spacial score (nSPS) is 22.3. The summed E-state index contributed by atoms with van der Waals surface area (Å²) in [5, 5.41) is 16.2. The van der Waals surface area contributed by atoms with E-state index < -0.39 is 46.6 Å². The number of carboxylic acids is 1. The van der Waals surface area contributed by atoms with Crippen LogP contribution >= 0.6 is 34.8 Å². The van der Waals surface area contributed by atoms with Gasteiger partial charge in [0, 0.05) is 38.7 Å². The fraction of sp³-hybridized carbons (Fsp3) is 0.250. The number of benzene rings is 3. The van der Waals surface area contributed by atoms with Gasteiger partial charge in [0.25, 0.3) is 0 Å². The third-order valence-corrected chi connectivity index (χ3v) is 8.06. The van der Waals surface area contributed by atoms with Crippen LogP contribution in [-0.4, -0.2) is 28.5 Å². The molecule has 7 nitrogen and oxygen atoms in total. The lowest BCUT2D eigenvalue weighted by Crippen LogP contribution is -2.57. The second kappa shape index (κ2) is 9.70. The largest absolute Gasteiger partial charge is 0.478 e. The molecule has 3 atom stereocenters. The van der Waals surface area contributed by atoms with E-state index in [1.807, 2.05) is 0 Å². The lowest BCUT2D eigenvalue weighted by Gasteiger charge is -2.47. The highest BCUT2D eigenvalue weighted by molar-refractivity contribution is 6.32. The van der Waals surface area contributed by atoms with Gasteiger partial charge in [-0.25, -0.2) is 9.18 Å². The molecular weight excluding hydrogens is 570 g/mol. The minimum Gasteiger partial charge on any atom is -0.478 e. The van der Waals surface area contributed by atoms with Crippen LogP contribution in [0.2, 0.25) is 15.1 Å². The number of fused-ring (bicyclic) bond motifs is 2. The zero-order valence-corrected chi connectivity index (χ0v) is 22.9. The van der Waals surface area contributed by atoms with E-state index in [1.54, 1.807) is 24.3 Å². The zero-order valence-electron chi connectivity index (χ0n) is 20.7. The maximum atomic E-state index is 14.5. The number of carbonyl (C=O) groups is 3. The summed E-state index contributed by atoms with van der Waals surface area (Å²) in [5.74, 6) is -3.55. The number of aliphatic carboxylic acids is 1. The Hall–Kier alpha value is -3.33. The first-order valence-electron chi connectivity index (χ1n) is 11.9. The van der Waals surface area contributed by atoms with Crippen LogP contribution in [0.3, 0.4) is 0 Å². The number of anilines is 1. The van der Waals surface area contributed by atoms with E-state index in [1.165, 1.54) is 44.2 Å². The number of amides is 2. The van der Waals surface area contributed by atoms with E-state index >= 15 is 0 Å². The average Bonchev–Trinajstić information content (AvgIpc) is 3.14. The highest BCUT2D eigenvalue weighted by Crippen LogP contribution is 2.59. The molecule has 0 saturated carbocycles. The molecule has 11 heteroatoms. The number of carbonyl (C=O) groups excluding carboxylic acids is 2. The van der Waals surface area contributed by atoms with Crippen molar-refractivity contribution in [1.29, 1.82) is 0 Å². The van der Waals surface area contributed by atoms with Gasteiger partial charge in [-0.1, -0.05) is 40.9 Å². The zero-order chi connectivity index (χ0) is 28.3. The predicted octanol–water partition coefficient (Wildman–Crippen LogP) is 6.26. The van der Waals surface area contributed by atoms with Crippen LogP contribution in [0.15, 0.2) is 54.6 Å². The molecule has 1 spiro atoms. The predicted molar refractivity (Wildman–Crippen MR) is 145 cm³/mol. The number of rotatable bonds is 5. The number of hydrogen-bond donors (Lipinski definition) is 3. The summed E-state index contributed by atoms with van der Waals surface area (Å²) >= 11 is 19.2. The molecule has 0 aromatic heterocycles. The van der Waals surface area contributed by atoms with Gasteiger partial charge in [-0.3, -0.25) is 9.59 Å². The van der Waals surface area contributed by atoms with Crippen molar-refractivity contribution >= 4 is 58.3 Å². The second-order valence-electron chi connectivity index (χ2n) is 10.0. The van der Waals surface area contributed by atoms with Crippen molar-refractivity contribution in [3.63, 3.8) is 0 Å². The molecule has 0 aliphatic carbocycles. The number of piperidine rings is 1. The molecule has 39 heavy (non-hydrogen) atoms. The van der Waals surface area contributed by atoms with Crippen LogP contribution in [0.25, 0.3) is 0 Å². The van der Waals surface area contributed by atoms with Gasteiger partial charge >= 0.3 is 5.97 Å². The second-order valence-corrected chi connectivity index (χ2v) is 11.3. The number of nitrogens with one attached hydrogen (secondary N) is 2. The highest BCUT2D eigenvalue weighted by atomic mass is 35.5. The summed E-state index contributed by atoms with van der Waals surface area (Å²) in [6.07, 6.45) is -0.191.